The minimum absolute atomic E-state index is 0.0954. The third kappa shape index (κ3) is 3.98. The highest BCUT2D eigenvalue weighted by atomic mass is 16.1. The second-order valence-electron chi connectivity index (χ2n) is 8.26. The van der Waals surface area contributed by atoms with E-state index in [0.717, 1.165) is 47.4 Å². The first kappa shape index (κ1) is 21.6. The summed E-state index contributed by atoms with van der Waals surface area (Å²) in [5.41, 5.74) is 9.96. The van der Waals surface area contributed by atoms with Crippen molar-refractivity contribution in [3.05, 3.63) is 83.3 Å². The molecule has 1 aliphatic rings. The van der Waals surface area contributed by atoms with Crippen LogP contribution in [0, 0.1) is 0 Å². The summed E-state index contributed by atoms with van der Waals surface area (Å²) in [6.45, 7) is 4.18. The fraction of sp³-hybridized carbons (Fsp3) is 0.231. The fourth-order valence-electron chi connectivity index (χ4n) is 4.52. The number of para-hydroxylation sites is 1. The number of nitrogens with zero attached hydrogens (tertiary/aromatic N) is 5. The molecule has 0 unspecified atom stereocenters. The highest BCUT2D eigenvalue weighted by Gasteiger charge is 2.19. The molecule has 172 valence electrons. The maximum absolute atomic E-state index is 13.4. The number of benzene rings is 2. The van der Waals surface area contributed by atoms with Gasteiger partial charge in [-0.15, -0.1) is 0 Å². The van der Waals surface area contributed by atoms with Crippen LogP contribution in [0.5, 0.6) is 0 Å². The molecule has 8 nitrogen and oxygen atoms in total. The third-order valence-electron chi connectivity index (χ3n) is 6.18. The Balaban J connectivity index is 0.000000200. The summed E-state index contributed by atoms with van der Waals surface area (Å²) in [6.07, 6.45) is 6.16. The minimum Gasteiger partial charge on any atom is -0.382 e. The molecule has 2 aromatic carbocycles. The Morgan fingerprint density at radius 3 is 2.53 bits per heavy atom. The molecule has 0 atom stereocenters. The van der Waals surface area contributed by atoms with Crippen molar-refractivity contribution in [1.29, 1.82) is 0 Å². The number of nitrogens with one attached hydrogen (secondary N) is 1. The number of fused-ring (bicyclic) bond motifs is 2. The van der Waals surface area contributed by atoms with Crippen LogP contribution in [0.2, 0.25) is 0 Å². The summed E-state index contributed by atoms with van der Waals surface area (Å²) in [5.74, 6) is 0.433. The highest BCUT2D eigenvalue weighted by Crippen LogP contribution is 2.28. The Kier molecular flexibility index (Phi) is 5.95. The molecule has 5 aromatic rings. The molecule has 3 N–H and O–H groups in total. The second-order valence-corrected chi connectivity index (χ2v) is 8.26. The number of nitrogens with two attached hydrogens (primary N) is 1. The van der Waals surface area contributed by atoms with Gasteiger partial charge in [0.05, 0.1) is 17.4 Å². The summed E-state index contributed by atoms with van der Waals surface area (Å²) in [6, 6.07) is 18.4. The van der Waals surface area contributed by atoms with Gasteiger partial charge in [-0.3, -0.25) is 9.36 Å². The summed E-state index contributed by atoms with van der Waals surface area (Å²) in [7, 11) is 0. The fourth-order valence-corrected chi connectivity index (χ4v) is 4.52. The number of H-pyrrole nitrogens is 1. The number of aromatic amines is 1. The first-order valence-corrected chi connectivity index (χ1v) is 11.5. The van der Waals surface area contributed by atoms with Crippen molar-refractivity contribution < 1.29 is 0 Å². The smallest absolute Gasteiger partial charge is 0.265 e. The van der Waals surface area contributed by atoms with E-state index < -0.39 is 0 Å². The number of nitrogen functional groups attached to an aromatic ring is 1. The van der Waals surface area contributed by atoms with E-state index in [0.29, 0.717) is 17.0 Å². The monoisotopic (exact) mass is 453 g/mol. The lowest BCUT2D eigenvalue weighted by Crippen LogP contribution is -2.25. The van der Waals surface area contributed by atoms with Crippen molar-refractivity contribution in [2.24, 2.45) is 0 Å². The lowest BCUT2D eigenvalue weighted by molar-refractivity contribution is 0.886. The molecule has 8 heteroatoms. The molecule has 3 aromatic heterocycles. The quantitative estimate of drug-likeness (QED) is 0.426. The molecular formula is C26H27N7O. The first-order chi connectivity index (χ1) is 16.7. The lowest BCUT2D eigenvalue weighted by atomic mass is 10.1. The van der Waals surface area contributed by atoms with E-state index in [-0.39, 0.29) is 5.56 Å². The molecule has 4 heterocycles. The van der Waals surface area contributed by atoms with Gasteiger partial charge in [0.2, 0.25) is 0 Å². The molecule has 0 spiro atoms. The first-order valence-electron chi connectivity index (χ1n) is 11.5. The van der Waals surface area contributed by atoms with E-state index in [2.05, 4.69) is 56.0 Å². The molecule has 1 fully saturated rings. The summed E-state index contributed by atoms with van der Waals surface area (Å²) in [4.78, 5) is 30.1. The van der Waals surface area contributed by atoms with Gasteiger partial charge in [-0.25, -0.2) is 15.0 Å². The van der Waals surface area contributed by atoms with Crippen LogP contribution < -0.4 is 16.2 Å². The average molecular weight is 454 g/mol. The van der Waals surface area contributed by atoms with Crippen LogP contribution in [0.4, 0.5) is 11.5 Å². The van der Waals surface area contributed by atoms with Crippen LogP contribution in [0.25, 0.3) is 27.6 Å². The predicted octanol–water partition coefficient (Wildman–Crippen LogP) is 4.09. The van der Waals surface area contributed by atoms with Crippen molar-refractivity contribution in [2.45, 2.75) is 26.2 Å². The Bertz CT molecular complexity index is 1480. The van der Waals surface area contributed by atoms with Gasteiger partial charge in [-0.2, -0.15) is 0 Å². The maximum atomic E-state index is 13.4. The second kappa shape index (κ2) is 9.35. The van der Waals surface area contributed by atoms with Crippen LogP contribution in [-0.4, -0.2) is 37.6 Å². The zero-order chi connectivity index (χ0) is 23.5. The number of rotatable bonds is 3. The van der Waals surface area contributed by atoms with Crippen molar-refractivity contribution >= 4 is 33.4 Å². The average Bonchev–Trinajstić information content (AvgIpc) is 3.58. The zero-order valence-corrected chi connectivity index (χ0v) is 19.1. The van der Waals surface area contributed by atoms with Crippen LogP contribution >= 0.6 is 0 Å². The van der Waals surface area contributed by atoms with Gasteiger partial charge < -0.3 is 15.6 Å². The standard InChI is InChI=1S/C21H22N2O.C5H5N5/c1-2-17-15-16-9-8-12-19(22-13-6-7-14-22)20(16)21(24)23(17)18-10-4-3-5-11-18;6-4-3-5(9-1-7-3)10-2-8-4/h3-5,8-12,15H,2,6-7,13-14H2,1H3;1-2H,(H3,6,7,8,9,10). The molecule has 0 aliphatic carbocycles. The van der Waals surface area contributed by atoms with Gasteiger partial charge in [0.1, 0.15) is 11.8 Å². The number of hydrogen-bond donors (Lipinski definition) is 2. The Morgan fingerprint density at radius 2 is 1.79 bits per heavy atom. The largest absolute Gasteiger partial charge is 0.382 e. The molecule has 1 saturated heterocycles. The van der Waals surface area contributed by atoms with Crippen LogP contribution in [-0.2, 0) is 6.42 Å². The van der Waals surface area contributed by atoms with Gasteiger partial charge in [-0.05, 0) is 48.9 Å². The van der Waals surface area contributed by atoms with Crippen LogP contribution in [0.15, 0.2) is 72.0 Å². The van der Waals surface area contributed by atoms with Gasteiger partial charge >= 0.3 is 0 Å². The Hall–Kier alpha value is -4.20. The van der Waals surface area contributed by atoms with Gasteiger partial charge in [0.15, 0.2) is 11.5 Å². The third-order valence-corrected chi connectivity index (χ3v) is 6.18. The number of aryl methyl sites for hydroxylation is 1. The SMILES string of the molecule is CCc1cc2cccc(N3CCCC3)c2c(=O)n1-c1ccccc1.Nc1ncnc2nc[nH]c12. The zero-order valence-electron chi connectivity index (χ0n) is 19.1. The molecule has 0 bridgehead atoms. The number of hydrogen-bond acceptors (Lipinski definition) is 6. The number of anilines is 2. The van der Waals surface area contributed by atoms with E-state index in [1.54, 1.807) is 0 Å². The molecule has 34 heavy (non-hydrogen) atoms. The highest BCUT2D eigenvalue weighted by molar-refractivity contribution is 5.94. The summed E-state index contributed by atoms with van der Waals surface area (Å²) in [5, 5.41) is 1.90. The van der Waals surface area contributed by atoms with Crippen molar-refractivity contribution in [2.75, 3.05) is 23.7 Å². The van der Waals surface area contributed by atoms with Crippen LogP contribution in [0.3, 0.4) is 0 Å². The lowest BCUT2D eigenvalue weighted by Gasteiger charge is -2.21. The molecule has 0 amide bonds. The molecule has 0 saturated carbocycles. The van der Waals surface area contributed by atoms with Gasteiger partial charge in [0, 0.05) is 24.5 Å². The minimum atomic E-state index is 0.0954. The number of aromatic nitrogens is 5. The van der Waals surface area contributed by atoms with E-state index in [4.69, 9.17) is 5.73 Å². The molecule has 6 rings (SSSR count). The van der Waals surface area contributed by atoms with Crippen molar-refractivity contribution in [3.8, 4) is 5.69 Å². The van der Waals surface area contributed by atoms with E-state index in [1.807, 2.05) is 34.9 Å². The maximum Gasteiger partial charge on any atom is 0.265 e. The van der Waals surface area contributed by atoms with Gasteiger partial charge in [0.25, 0.3) is 5.56 Å². The van der Waals surface area contributed by atoms with Crippen LogP contribution in [0.1, 0.15) is 25.5 Å². The van der Waals surface area contributed by atoms with E-state index in [1.165, 1.54) is 25.5 Å². The Morgan fingerprint density at radius 1 is 1.00 bits per heavy atom. The normalized spacial score (nSPS) is 13.3. The molecule has 1 aliphatic heterocycles. The summed E-state index contributed by atoms with van der Waals surface area (Å²) >= 11 is 0. The molecule has 0 radical (unpaired) electrons. The van der Waals surface area contributed by atoms with Crippen molar-refractivity contribution in [1.82, 2.24) is 24.5 Å². The predicted molar refractivity (Wildman–Crippen MR) is 136 cm³/mol. The summed E-state index contributed by atoms with van der Waals surface area (Å²) < 4.78 is 1.88. The number of pyridine rings is 1. The Labute approximate surface area is 197 Å². The van der Waals surface area contributed by atoms with Gasteiger partial charge in [-0.1, -0.05) is 37.3 Å². The van der Waals surface area contributed by atoms with E-state index in [9.17, 15) is 4.79 Å². The molecular weight excluding hydrogens is 426 g/mol. The number of imidazole rings is 1. The topological polar surface area (TPSA) is 106 Å². The van der Waals surface area contributed by atoms with E-state index >= 15 is 0 Å². The van der Waals surface area contributed by atoms with Crippen molar-refractivity contribution in [3.63, 3.8) is 0 Å².